The molecule has 0 spiro atoms. The molecule has 11 heteroatoms. The molecule has 10 nitrogen and oxygen atoms in total. The average molecular weight is 484 g/mol. The fourth-order valence-corrected chi connectivity index (χ4v) is 3.97. The highest BCUT2D eigenvalue weighted by Gasteiger charge is 2.34. The van der Waals surface area contributed by atoms with Crippen molar-refractivity contribution in [3.63, 3.8) is 0 Å². The lowest BCUT2D eigenvalue weighted by Gasteiger charge is -2.17. The van der Waals surface area contributed by atoms with Crippen LogP contribution in [0.5, 0.6) is 0 Å². The van der Waals surface area contributed by atoms with Crippen LogP contribution in [0, 0.1) is 27.8 Å². The van der Waals surface area contributed by atoms with Crippen molar-refractivity contribution in [2.45, 2.75) is 13.0 Å². The van der Waals surface area contributed by atoms with Crippen molar-refractivity contribution in [3.8, 4) is 11.8 Å². The molecule has 0 bridgehead atoms. The predicted molar refractivity (Wildman–Crippen MR) is 127 cm³/mol. The smallest absolute Gasteiger partial charge is 0.333 e. The van der Waals surface area contributed by atoms with Gasteiger partial charge in [-0.2, -0.15) is 5.10 Å². The van der Waals surface area contributed by atoms with Crippen molar-refractivity contribution in [1.29, 1.82) is 0 Å². The van der Waals surface area contributed by atoms with Crippen molar-refractivity contribution in [1.82, 2.24) is 19.5 Å². The van der Waals surface area contributed by atoms with E-state index in [1.54, 1.807) is 37.3 Å². The van der Waals surface area contributed by atoms with E-state index in [4.69, 9.17) is 0 Å². The number of nitrogens with one attached hydrogen (secondary N) is 1. The molecule has 2 aromatic carbocycles. The molecular formula is C25H17FN6O4. The van der Waals surface area contributed by atoms with E-state index in [2.05, 4.69) is 27.2 Å². The van der Waals surface area contributed by atoms with Crippen molar-refractivity contribution < 1.29 is 18.9 Å². The standard InChI is InChI=1S/C25H17FN6O4/c1-15(28-22-10-12-31-23(29-22)21(14-27-31)32(35)36)20-13-17(26)9-8-16(20)5-4-11-30-24(33)18-6-2-3-7-19(18)25(30)34/h2-3,6-10,12-15H,11H2,1H3,(H,28,29)/t15-/m1/s1. The minimum absolute atomic E-state index is 0.0670. The van der Waals surface area contributed by atoms with Gasteiger partial charge in [0, 0.05) is 11.8 Å². The van der Waals surface area contributed by atoms with Gasteiger partial charge in [0.25, 0.3) is 11.8 Å². The topological polar surface area (TPSA) is 123 Å². The van der Waals surface area contributed by atoms with E-state index in [0.29, 0.717) is 28.1 Å². The molecule has 0 aliphatic carbocycles. The molecule has 0 radical (unpaired) electrons. The summed E-state index contributed by atoms with van der Waals surface area (Å²) in [5, 5.41) is 18.2. The zero-order valence-corrected chi connectivity index (χ0v) is 18.8. The SMILES string of the molecule is C[C@@H](Nc1ccn2ncc([N+](=O)[O-])c2n1)c1cc(F)ccc1C#CCN1C(=O)c2ccccc2C1=O. The number of nitrogens with zero attached hydrogens (tertiary/aromatic N) is 5. The zero-order chi connectivity index (χ0) is 25.4. The van der Waals surface area contributed by atoms with Crippen molar-refractivity contribution >= 4 is 29.0 Å². The van der Waals surface area contributed by atoms with E-state index in [0.717, 1.165) is 11.1 Å². The van der Waals surface area contributed by atoms with Gasteiger partial charge in [-0.3, -0.25) is 24.6 Å². The molecule has 2 aromatic heterocycles. The van der Waals surface area contributed by atoms with E-state index >= 15 is 0 Å². The highest BCUT2D eigenvalue weighted by atomic mass is 19.1. The molecule has 0 saturated carbocycles. The molecule has 4 aromatic rings. The highest BCUT2D eigenvalue weighted by molar-refractivity contribution is 6.21. The summed E-state index contributed by atoms with van der Waals surface area (Å²) < 4.78 is 15.4. The Bertz CT molecular complexity index is 1580. The van der Waals surface area contributed by atoms with Crippen LogP contribution in [0.4, 0.5) is 15.9 Å². The minimum Gasteiger partial charge on any atom is -0.363 e. The Balaban J connectivity index is 1.38. The molecule has 1 aliphatic rings. The van der Waals surface area contributed by atoms with Crippen LogP contribution in [0.25, 0.3) is 5.65 Å². The molecule has 2 amide bonds. The van der Waals surface area contributed by atoms with Gasteiger partial charge in [0.05, 0.1) is 28.6 Å². The molecular weight excluding hydrogens is 467 g/mol. The number of halogens is 1. The summed E-state index contributed by atoms with van der Waals surface area (Å²) in [5.74, 6) is 4.80. The van der Waals surface area contributed by atoms with Gasteiger partial charge in [-0.25, -0.2) is 13.9 Å². The van der Waals surface area contributed by atoms with Gasteiger partial charge >= 0.3 is 5.69 Å². The Morgan fingerprint density at radius 3 is 2.56 bits per heavy atom. The highest BCUT2D eigenvalue weighted by Crippen LogP contribution is 2.25. The van der Waals surface area contributed by atoms with E-state index in [9.17, 15) is 24.1 Å². The number of hydrogen-bond donors (Lipinski definition) is 1. The number of carbonyl (C=O) groups is 2. The summed E-state index contributed by atoms with van der Waals surface area (Å²) in [6.45, 7) is 1.65. The fourth-order valence-electron chi connectivity index (χ4n) is 3.97. The lowest BCUT2D eigenvalue weighted by atomic mass is 10.0. The van der Waals surface area contributed by atoms with E-state index in [1.165, 1.54) is 28.9 Å². The minimum atomic E-state index is -0.572. The molecule has 0 unspecified atom stereocenters. The summed E-state index contributed by atoms with van der Waals surface area (Å²) in [5.41, 5.74) is 1.51. The average Bonchev–Trinajstić information content (AvgIpc) is 3.39. The lowest BCUT2D eigenvalue weighted by molar-refractivity contribution is -0.383. The number of hydrogen-bond acceptors (Lipinski definition) is 7. The van der Waals surface area contributed by atoms with Crippen LogP contribution in [-0.4, -0.2) is 42.8 Å². The first kappa shape index (κ1) is 22.7. The van der Waals surface area contributed by atoms with Gasteiger partial charge in [-0.1, -0.05) is 24.0 Å². The quantitative estimate of drug-likeness (QED) is 0.199. The zero-order valence-electron chi connectivity index (χ0n) is 18.8. The number of amides is 2. The second-order valence-corrected chi connectivity index (χ2v) is 8.01. The van der Waals surface area contributed by atoms with E-state index < -0.39 is 28.6 Å². The summed E-state index contributed by atoms with van der Waals surface area (Å²) in [6, 6.07) is 11.8. The molecule has 0 fully saturated rings. The predicted octanol–water partition coefficient (Wildman–Crippen LogP) is 3.60. The fraction of sp³-hybridized carbons (Fsp3) is 0.120. The van der Waals surface area contributed by atoms with Crippen LogP contribution in [0.2, 0.25) is 0 Å². The maximum Gasteiger partial charge on any atom is 0.333 e. The molecule has 1 N–H and O–H groups in total. The van der Waals surface area contributed by atoms with Gasteiger partial charge < -0.3 is 5.32 Å². The normalized spacial score (nSPS) is 13.3. The van der Waals surface area contributed by atoms with Crippen LogP contribution in [-0.2, 0) is 0 Å². The summed E-state index contributed by atoms with van der Waals surface area (Å²) >= 11 is 0. The Morgan fingerprint density at radius 2 is 1.86 bits per heavy atom. The van der Waals surface area contributed by atoms with Crippen LogP contribution < -0.4 is 5.32 Å². The maximum absolute atomic E-state index is 14.1. The Kier molecular flexibility index (Phi) is 5.62. The van der Waals surface area contributed by atoms with E-state index in [1.807, 2.05) is 0 Å². The molecule has 1 atom stereocenters. The first-order valence-electron chi connectivity index (χ1n) is 10.8. The molecule has 36 heavy (non-hydrogen) atoms. The number of fused-ring (bicyclic) bond motifs is 2. The summed E-state index contributed by atoms with van der Waals surface area (Å²) in [7, 11) is 0. The molecule has 5 rings (SSSR count). The van der Waals surface area contributed by atoms with Crippen molar-refractivity contribution in [3.05, 3.63) is 99.1 Å². The summed E-state index contributed by atoms with van der Waals surface area (Å²) in [4.78, 5) is 41.0. The third kappa shape index (κ3) is 4.01. The van der Waals surface area contributed by atoms with Gasteiger partial charge in [-0.15, -0.1) is 0 Å². The van der Waals surface area contributed by atoms with Gasteiger partial charge in [0.1, 0.15) is 17.8 Å². The second-order valence-electron chi connectivity index (χ2n) is 8.01. The molecule has 1 aliphatic heterocycles. The lowest BCUT2D eigenvalue weighted by Crippen LogP contribution is -2.30. The number of rotatable bonds is 5. The Morgan fingerprint density at radius 1 is 1.14 bits per heavy atom. The molecule has 0 saturated heterocycles. The van der Waals surface area contributed by atoms with Gasteiger partial charge in [0.2, 0.25) is 5.65 Å². The number of anilines is 1. The van der Waals surface area contributed by atoms with Crippen molar-refractivity contribution in [2.75, 3.05) is 11.9 Å². The van der Waals surface area contributed by atoms with E-state index in [-0.39, 0.29) is 17.9 Å². The molecule has 3 heterocycles. The van der Waals surface area contributed by atoms with Crippen LogP contribution in [0.1, 0.15) is 44.8 Å². The van der Waals surface area contributed by atoms with Gasteiger partial charge in [-0.05, 0) is 48.9 Å². The Labute approximate surface area is 203 Å². The monoisotopic (exact) mass is 484 g/mol. The maximum atomic E-state index is 14.1. The van der Waals surface area contributed by atoms with Crippen molar-refractivity contribution in [2.24, 2.45) is 0 Å². The van der Waals surface area contributed by atoms with Crippen LogP contribution in [0.3, 0.4) is 0 Å². The molecule has 178 valence electrons. The Hall–Kier alpha value is -5.11. The largest absolute Gasteiger partial charge is 0.363 e. The first-order chi connectivity index (χ1) is 17.3. The second kappa shape index (κ2) is 8.92. The van der Waals surface area contributed by atoms with Crippen LogP contribution in [0.15, 0.2) is 60.9 Å². The number of benzene rings is 2. The third-order valence-corrected chi connectivity index (χ3v) is 5.73. The number of aromatic nitrogens is 3. The number of carbonyl (C=O) groups excluding carboxylic acids is 2. The number of nitro groups is 1. The first-order valence-corrected chi connectivity index (χ1v) is 10.8. The number of imide groups is 1. The van der Waals surface area contributed by atoms with Crippen LogP contribution >= 0.6 is 0 Å². The van der Waals surface area contributed by atoms with Gasteiger partial charge in [0.15, 0.2) is 0 Å². The third-order valence-electron chi connectivity index (χ3n) is 5.73. The summed E-state index contributed by atoms with van der Waals surface area (Å²) in [6.07, 6.45) is 2.64.